The minimum absolute atomic E-state index is 0.0726. The summed E-state index contributed by atoms with van der Waals surface area (Å²) in [5, 5.41) is 6.57. The predicted octanol–water partition coefficient (Wildman–Crippen LogP) is 5.59. The lowest BCUT2D eigenvalue weighted by Crippen LogP contribution is -2.32. The van der Waals surface area contributed by atoms with Crippen LogP contribution in [-0.2, 0) is 16.1 Å². The predicted molar refractivity (Wildman–Crippen MR) is 145 cm³/mol. The van der Waals surface area contributed by atoms with Crippen molar-refractivity contribution in [2.24, 2.45) is 5.92 Å². The van der Waals surface area contributed by atoms with Crippen LogP contribution in [-0.4, -0.2) is 43.3 Å². The largest absolute Gasteiger partial charge is 0.445 e. The summed E-state index contributed by atoms with van der Waals surface area (Å²) in [7, 11) is 0. The zero-order valence-electron chi connectivity index (χ0n) is 21.6. The van der Waals surface area contributed by atoms with Crippen LogP contribution in [0, 0.1) is 18.7 Å². The number of benzene rings is 3. The molecule has 0 aliphatic rings. The monoisotopic (exact) mass is 517 g/mol. The zero-order valence-corrected chi connectivity index (χ0v) is 21.6. The number of rotatable bonds is 11. The van der Waals surface area contributed by atoms with E-state index in [4.69, 9.17) is 9.47 Å². The molecular weight excluding hydrogens is 485 g/mol. The average molecular weight is 518 g/mol. The Bertz CT molecular complexity index is 1370. The lowest BCUT2D eigenvalue weighted by Gasteiger charge is -2.13. The fraction of sp³-hybridized carbons (Fsp3) is 0.267. The Labute approximate surface area is 221 Å². The normalized spacial score (nSPS) is 11.8. The number of aromatic amines is 1. The molecular formula is C30H32FN3O4. The highest BCUT2D eigenvalue weighted by atomic mass is 19.1. The molecule has 3 N–H and O–H groups in total. The number of fused-ring (bicyclic) bond motifs is 1. The van der Waals surface area contributed by atoms with E-state index in [-0.39, 0.29) is 24.2 Å². The third kappa shape index (κ3) is 6.98. The summed E-state index contributed by atoms with van der Waals surface area (Å²) in [4.78, 5) is 28.0. The topological polar surface area (TPSA) is 92.5 Å². The summed E-state index contributed by atoms with van der Waals surface area (Å²) in [5.74, 6) is -0.413. The van der Waals surface area contributed by atoms with E-state index in [9.17, 15) is 14.0 Å². The molecule has 1 atom stereocenters. The van der Waals surface area contributed by atoms with Gasteiger partial charge in [-0.25, -0.2) is 9.18 Å². The molecule has 0 saturated carbocycles. The van der Waals surface area contributed by atoms with Gasteiger partial charge in [-0.15, -0.1) is 0 Å². The maximum Gasteiger partial charge on any atom is 0.407 e. The molecule has 0 aliphatic heterocycles. The second-order valence-corrected chi connectivity index (χ2v) is 9.24. The number of carbonyl (C=O) groups is 2. The minimum Gasteiger partial charge on any atom is -0.445 e. The molecule has 0 bridgehead atoms. The number of ether oxygens (including phenoxy) is 2. The van der Waals surface area contributed by atoms with E-state index in [1.807, 2.05) is 62.4 Å². The molecule has 2 amide bonds. The highest BCUT2D eigenvalue weighted by molar-refractivity contribution is 6.05. The summed E-state index contributed by atoms with van der Waals surface area (Å²) in [6, 6.07) is 21.6. The van der Waals surface area contributed by atoms with Crippen molar-refractivity contribution in [3.8, 4) is 11.1 Å². The maximum atomic E-state index is 13.4. The van der Waals surface area contributed by atoms with E-state index in [2.05, 4.69) is 15.6 Å². The Morgan fingerprint density at radius 3 is 2.50 bits per heavy atom. The fourth-order valence-electron chi connectivity index (χ4n) is 4.21. The number of hydrogen-bond donors (Lipinski definition) is 3. The molecule has 0 spiro atoms. The molecule has 0 aliphatic carbocycles. The van der Waals surface area contributed by atoms with Gasteiger partial charge in [0.1, 0.15) is 18.1 Å². The standard InChI is InChI=1S/C30H32FN3O4/c1-20(18-37-16-15-32-30(36)38-19-22-7-4-3-5-8-22)17-33-29(35)28-21(2)27-25(9-6-10-26(27)34-28)23-11-13-24(31)14-12-23/h3-14,20,34H,15-19H2,1-2H3,(H,32,36)(H,33,35)/t20-/m1/s1. The van der Waals surface area contributed by atoms with E-state index in [1.54, 1.807) is 12.1 Å². The summed E-state index contributed by atoms with van der Waals surface area (Å²) >= 11 is 0. The molecule has 0 fully saturated rings. The number of hydrogen-bond acceptors (Lipinski definition) is 4. The van der Waals surface area contributed by atoms with Gasteiger partial charge in [-0.3, -0.25) is 4.79 Å². The molecule has 0 saturated heterocycles. The molecule has 0 unspecified atom stereocenters. The minimum atomic E-state index is -0.492. The van der Waals surface area contributed by atoms with E-state index in [0.29, 0.717) is 32.0 Å². The third-order valence-electron chi connectivity index (χ3n) is 6.20. The van der Waals surface area contributed by atoms with Crippen LogP contribution in [0.1, 0.15) is 28.5 Å². The van der Waals surface area contributed by atoms with Crippen molar-refractivity contribution in [3.63, 3.8) is 0 Å². The average Bonchev–Trinajstić information content (AvgIpc) is 3.28. The second-order valence-electron chi connectivity index (χ2n) is 9.24. The zero-order chi connectivity index (χ0) is 26.9. The molecule has 38 heavy (non-hydrogen) atoms. The molecule has 8 heteroatoms. The van der Waals surface area contributed by atoms with Gasteiger partial charge in [0, 0.05) is 24.0 Å². The number of aryl methyl sites for hydroxylation is 1. The van der Waals surface area contributed by atoms with E-state index >= 15 is 0 Å². The highest BCUT2D eigenvalue weighted by Gasteiger charge is 2.18. The lowest BCUT2D eigenvalue weighted by molar-refractivity contribution is 0.0879. The van der Waals surface area contributed by atoms with Gasteiger partial charge in [-0.2, -0.15) is 0 Å². The van der Waals surface area contributed by atoms with Gasteiger partial charge in [0.2, 0.25) is 0 Å². The molecule has 198 valence electrons. The van der Waals surface area contributed by atoms with Crippen molar-refractivity contribution in [1.82, 2.24) is 15.6 Å². The van der Waals surface area contributed by atoms with Crippen LogP contribution in [0.15, 0.2) is 72.8 Å². The molecule has 4 rings (SSSR count). The first-order chi connectivity index (χ1) is 18.4. The lowest BCUT2D eigenvalue weighted by atomic mass is 9.99. The van der Waals surface area contributed by atoms with Gasteiger partial charge in [0.15, 0.2) is 0 Å². The first kappa shape index (κ1) is 26.9. The number of alkyl carbamates (subject to hydrolysis) is 1. The summed E-state index contributed by atoms with van der Waals surface area (Å²) in [5.41, 5.74) is 4.93. The highest BCUT2D eigenvalue weighted by Crippen LogP contribution is 2.32. The van der Waals surface area contributed by atoms with Gasteiger partial charge < -0.3 is 25.1 Å². The smallest absolute Gasteiger partial charge is 0.407 e. The van der Waals surface area contributed by atoms with Crippen LogP contribution < -0.4 is 10.6 Å². The number of amides is 2. The van der Waals surface area contributed by atoms with Crippen LogP contribution in [0.4, 0.5) is 9.18 Å². The van der Waals surface area contributed by atoms with Crippen molar-refractivity contribution in [2.75, 3.05) is 26.3 Å². The number of aromatic nitrogens is 1. The van der Waals surface area contributed by atoms with Gasteiger partial charge in [-0.05, 0) is 53.3 Å². The van der Waals surface area contributed by atoms with E-state index in [0.717, 1.165) is 33.2 Å². The maximum absolute atomic E-state index is 13.4. The van der Waals surface area contributed by atoms with Crippen LogP contribution in [0.25, 0.3) is 22.0 Å². The summed E-state index contributed by atoms with van der Waals surface area (Å²) < 4.78 is 24.2. The Morgan fingerprint density at radius 2 is 1.74 bits per heavy atom. The molecule has 4 aromatic rings. The van der Waals surface area contributed by atoms with Gasteiger partial charge in [-0.1, -0.05) is 61.5 Å². The Hall–Kier alpha value is -4.17. The van der Waals surface area contributed by atoms with Crippen molar-refractivity contribution >= 4 is 22.9 Å². The fourth-order valence-corrected chi connectivity index (χ4v) is 4.21. The molecule has 0 radical (unpaired) electrons. The van der Waals surface area contributed by atoms with E-state index in [1.165, 1.54) is 12.1 Å². The molecule has 1 aromatic heterocycles. The van der Waals surface area contributed by atoms with Gasteiger partial charge in [0.25, 0.3) is 5.91 Å². The summed E-state index contributed by atoms with van der Waals surface area (Å²) in [6.45, 7) is 5.64. The first-order valence-electron chi connectivity index (χ1n) is 12.6. The number of nitrogens with one attached hydrogen (secondary N) is 3. The quantitative estimate of drug-likeness (QED) is 0.226. The van der Waals surface area contributed by atoms with Crippen LogP contribution in [0.3, 0.4) is 0 Å². The van der Waals surface area contributed by atoms with Crippen LogP contribution in [0.5, 0.6) is 0 Å². The molecule has 1 heterocycles. The SMILES string of the molecule is Cc1c(C(=O)NC[C@@H](C)COCCNC(=O)OCc2ccccc2)[nH]c2cccc(-c3ccc(F)cc3)c12. The van der Waals surface area contributed by atoms with Crippen molar-refractivity contribution in [1.29, 1.82) is 0 Å². The second kappa shape index (κ2) is 12.9. The number of H-pyrrole nitrogens is 1. The summed E-state index contributed by atoms with van der Waals surface area (Å²) in [6.07, 6.45) is -0.492. The molecule has 3 aromatic carbocycles. The van der Waals surface area contributed by atoms with Crippen molar-refractivity contribution in [3.05, 3.63) is 95.4 Å². The Balaban J connectivity index is 1.21. The Kier molecular flexibility index (Phi) is 9.11. The van der Waals surface area contributed by atoms with Crippen LogP contribution >= 0.6 is 0 Å². The Morgan fingerprint density at radius 1 is 0.974 bits per heavy atom. The number of halogens is 1. The third-order valence-corrected chi connectivity index (χ3v) is 6.20. The van der Waals surface area contributed by atoms with Gasteiger partial charge in [0.05, 0.1) is 13.2 Å². The first-order valence-corrected chi connectivity index (χ1v) is 12.6. The van der Waals surface area contributed by atoms with Crippen LogP contribution in [0.2, 0.25) is 0 Å². The van der Waals surface area contributed by atoms with Gasteiger partial charge >= 0.3 is 6.09 Å². The van der Waals surface area contributed by atoms with Crippen molar-refractivity contribution in [2.45, 2.75) is 20.5 Å². The number of carbonyl (C=O) groups excluding carboxylic acids is 2. The van der Waals surface area contributed by atoms with E-state index < -0.39 is 6.09 Å². The molecule has 7 nitrogen and oxygen atoms in total. The van der Waals surface area contributed by atoms with Crippen molar-refractivity contribution < 1.29 is 23.5 Å².